The fourth-order valence-electron chi connectivity index (χ4n) is 2.46. The normalized spacial score (nSPS) is 10.7. The summed E-state index contributed by atoms with van der Waals surface area (Å²) in [5.41, 5.74) is 1.72. The van der Waals surface area contributed by atoms with Crippen LogP contribution in [0.5, 0.6) is 17.2 Å². The Balaban J connectivity index is 2.33. The first kappa shape index (κ1) is 19.8. The van der Waals surface area contributed by atoms with Gasteiger partial charge in [0.1, 0.15) is 29.6 Å². The predicted molar refractivity (Wildman–Crippen MR) is 103 cm³/mol. The summed E-state index contributed by atoms with van der Waals surface area (Å²) in [6.07, 6.45) is 3.08. The van der Waals surface area contributed by atoms with Crippen LogP contribution in [0.1, 0.15) is 11.3 Å². The highest BCUT2D eigenvalue weighted by Crippen LogP contribution is 2.31. The molecule has 1 aromatic carbocycles. The molecule has 142 valence electrons. The van der Waals surface area contributed by atoms with Gasteiger partial charge in [0.05, 0.1) is 26.9 Å². The first-order chi connectivity index (χ1) is 13.0. The second-order valence-corrected chi connectivity index (χ2v) is 5.75. The molecule has 0 saturated heterocycles. The Bertz CT molecular complexity index is 859. The summed E-state index contributed by atoms with van der Waals surface area (Å²) in [7, 11) is 8.40. The molecule has 0 spiro atoms. The van der Waals surface area contributed by atoms with E-state index in [1.165, 1.54) is 13.4 Å². The average Bonchev–Trinajstić information content (AvgIpc) is 2.69. The maximum absolute atomic E-state index is 9.46. The van der Waals surface area contributed by atoms with Gasteiger partial charge in [-0.15, -0.1) is 0 Å². The van der Waals surface area contributed by atoms with Gasteiger partial charge in [0.2, 0.25) is 0 Å². The molecule has 0 amide bonds. The molecule has 0 aliphatic carbocycles. The summed E-state index contributed by atoms with van der Waals surface area (Å²) >= 11 is 0. The van der Waals surface area contributed by atoms with Gasteiger partial charge >= 0.3 is 0 Å². The van der Waals surface area contributed by atoms with Crippen LogP contribution in [0.3, 0.4) is 0 Å². The lowest BCUT2D eigenvalue weighted by Crippen LogP contribution is -2.08. The van der Waals surface area contributed by atoms with Gasteiger partial charge < -0.3 is 24.4 Å². The molecule has 27 heavy (non-hydrogen) atoms. The Kier molecular flexibility index (Phi) is 6.83. The Morgan fingerprint density at radius 3 is 2.56 bits per heavy atom. The highest BCUT2D eigenvalue weighted by Gasteiger charge is 2.17. The monoisotopic (exact) mass is 369 g/mol. The van der Waals surface area contributed by atoms with Gasteiger partial charge in [-0.05, 0) is 12.1 Å². The average molecular weight is 369 g/mol. The van der Waals surface area contributed by atoms with E-state index >= 15 is 0 Å². The summed E-state index contributed by atoms with van der Waals surface area (Å²) in [5.74, 6) is 2.30. The molecule has 0 unspecified atom stereocenters. The van der Waals surface area contributed by atoms with Crippen LogP contribution >= 0.6 is 0 Å². The number of allylic oxidation sites excluding steroid dienone is 1. The van der Waals surface area contributed by atoms with E-state index in [1.54, 1.807) is 25.3 Å². The van der Waals surface area contributed by atoms with Crippen LogP contribution in [-0.2, 0) is 6.54 Å². The van der Waals surface area contributed by atoms with Crippen LogP contribution in [0.2, 0.25) is 0 Å². The Morgan fingerprint density at radius 1 is 1.19 bits per heavy atom. The molecule has 0 radical (unpaired) electrons. The lowest BCUT2D eigenvalue weighted by molar-refractivity contribution is 0.391. The molecule has 1 heterocycles. The standard InChI is InChI=1S/C19H23N5O3/c1-24(2)11-14(9-20)17-18(27-5)19(23-12-22-17)21-10-13-6-7-15(25-3)8-16(13)26-4/h6-8,11-12H,10H2,1-5H3,(H,21,22,23)/b14-11+. The van der Waals surface area contributed by atoms with Crippen molar-refractivity contribution >= 4 is 11.4 Å². The van der Waals surface area contributed by atoms with E-state index in [0.29, 0.717) is 40.9 Å². The summed E-state index contributed by atoms with van der Waals surface area (Å²) in [6.45, 7) is 0.444. The van der Waals surface area contributed by atoms with Crippen LogP contribution in [0.25, 0.3) is 5.57 Å². The first-order valence-corrected chi connectivity index (χ1v) is 8.16. The van der Waals surface area contributed by atoms with E-state index in [4.69, 9.17) is 14.2 Å². The van der Waals surface area contributed by atoms with Crippen molar-refractivity contribution in [3.63, 3.8) is 0 Å². The van der Waals surface area contributed by atoms with Crippen LogP contribution < -0.4 is 19.5 Å². The maximum Gasteiger partial charge on any atom is 0.188 e. The molecule has 0 fully saturated rings. The molecule has 8 nitrogen and oxygen atoms in total. The molecular weight excluding hydrogens is 346 g/mol. The second kappa shape index (κ2) is 9.29. The molecule has 1 aromatic heterocycles. The summed E-state index contributed by atoms with van der Waals surface area (Å²) < 4.78 is 16.1. The number of methoxy groups -OCH3 is 3. The van der Waals surface area contributed by atoms with Gasteiger partial charge in [-0.1, -0.05) is 0 Å². The molecule has 0 bridgehead atoms. The van der Waals surface area contributed by atoms with Crippen molar-refractivity contribution in [3.8, 4) is 23.3 Å². The third-order valence-electron chi connectivity index (χ3n) is 3.71. The van der Waals surface area contributed by atoms with Gasteiger partial charge in [0, 0.05) is 38.5 Å². The molecule has 0 aliphatic heterocycles. The van der Waals surface area contributed by atoms with Crippen molar-refractivity contribution in [2.45, 2.75) is 6.54 Å². The molecule has 2 rings (SSSR count). The van der Waals surface area contributed by atoms with Crippen LogP contribution in [0, 0.1) is 11.3 Å². The maximum atomic E-state index is 9.46. The molecule has 0 atom stereocenters. The van der Waals surface area contributed by atoms with Gasteiger partial charge in [-0.25, -0.2) is 9.97 Å². The Hall–Kier alpha value is -3.47. The van der Waals surface area contributed by atoms with E-state index < -0.39 is 0 Å². The summed E-state index contributed by atoms with van der Waals surface area (Å²) in [4.78, 5) is 10.2. The first-order valence-electron chi connectivity index (χ1n) is 8.16. The molecular formula is C19H23N5O3. The highest BCUT2D eigenvalue weighted by atomic mass is 16.5. The van der Waals surface area contributed by atoms with E-state index in [9.17, 15) is 5.26 Å². The van der Waals surface area contributed by atoms with Gasteiger partial charge in [-0.2, -0.15) is 5.26 Å². The number of ether oxygens (including phenoxy) is 3. The highest BCUT2D eigenvalue weighted by molar-refractivity contribution is 5.80. The molecule has 2 aromatic rings. The van der Waals surface area contributed by atoms with Gasteiger partial charge in [0.25, 0.3) is 0 Å². The van der Waals surface area contributed by atoms with Crippen LogP contribution in [0.4, 0.5) is 5.82 Å². The van der Waals surface area contributed by atoms with Crippen molar-refractivity contribution in [3.05, 3.63) is 42.0 Å². The number of nitrogens with one attached hydrogen (secondary N) is 1. The number of aromatic nitrogens is 2. The van der Waals surface area contributed by atoms with Gasteiger partial charge in [0.15, 0.2) is 11.6 Å². The van der Waals surface area contributed by atoms with E-state index in [0.717, 1.165) is 5.56 Å². The third kappa shape index (κ3) is 4.79. The number of anilines is 1. The van der Waals surface area contributed by atoms with Crippen molar-refractivity contribution in [2.75, 3.05) is 40.7 Å². The fourth-order valence-corrected chi connectivity index (χ4v) is 2.46. The SMILES string of the molecule is COc1ccc(CNc2ncnc(/C(C#N)=C/N(C)C)c2OC)c(OC)c1. The van der Waals surface area contributed by atoms with Crippen LogP contribution in [0.15, 0.2) is 30.7 Å². The lowest BCUT2D eigenvalue weighted by Gasteiger charge is -2.15. The number of benzene rings is 1. The predicted octanol–water partition coefficient (Wildman–Crippen LogP) is 2.54. The quantitative estimate of drug-likeness (QED) is 0.710. The third-order valence-corrected chi connectivity index (χ3v) is 3.71. The largest absolute Gasteiger partial charge is 0.497 e. The van der Waals surface area contributed by atoms with Gasteiger partial charge in [-0.3, -0.25) is 0 Å². The van der Waals surface area contributed by atoms with E-state index in [2.05, 4.69) is 21.4 Å². The lowest BCUT2D eigenvalue weighted by atomic mass is 10.1. The molecule has 0 saturated carbocycles. The Labute approximate surface area is 159 Å². The van der Waals surface area contributed by atoms with Crippen molar-refractivity contribution in [1.29, 1.82) is 5.26 Å². The number of nitrogens with zero attached hydrogens (tertiary/aromatic N) is 4. The summed E-state index contributed by atoms with van der Waals surface area (Å²) in [5, 5.41) is 12.7. The summed E-state index contributed by atoms with van der Waals surface area (Å²) in [6, 6.07) is 7.72. The fraction of sp³-hybridized carbons (Fsp3) is 0.316. The smallest absolute Gasteiger partial charge is 0.188 e. The van der Waals surface area contributed by atoms with Crippen molar-refractivity contribution in [1.82, 2.24) is 14.9 Å². The van der Waals surface area contributed by atoms with E-state index in [1.807, 2.05) is 32.3 Å². The van der Waals surface area contributed by atoms with Crippen LogP contribution in [-0.4, -0.2) is 50.3 Å². The number of nitriles is 1. The number of hydrogen-bond acceptors (Lipinski definition) is 8. The van der Waals surface area contributed by atoms with Crippen molar-refractivity contribution in [2.24, 2.45) is 0 Å². The second-order valence-electron chi connectivity index (χ2n) is 5.75. The minimum Gasteiger partial charge on any atom is -0.497 e. The van der Waals surface area contributed by atoms with Crippen molar-refractivity contribution < 1.29 is 14.2 Å². The Morgan fingerprint density at radius 2 is 1.96 bits per heavy atom. The zero-order chi connectivity index (χ0) is 19.8. The molecule has 8 heteroatoms. The zero-order valence-electron chi connectivity index (χ0n) is 16.1. The minimum absolute atomic E-state index is 0.379. The minimum atomic E-state index is 0.379. The number of rotatable bonds is 8. The van der Waals surface area contributed by atoms with E-state index in [-0.39, 0.29) is 0 Å². The molecule has 1 N–H and O–H groups in total. The molecule has 0 aliphatic rings. The topological polar surface area (TPSA) is 92.5 Å². The number of hydrogen-bond donors (Lipinski definition) is 1. The zero-order valence-corrected chi connectivity index (χ0v) is 16.1.